The van der Waals surface area contributed by atoms with Crippen molar-refractivity contribution in [3.8, 4) is 0 Å². The van der Waals surface area contributed by atoms with E-state index in [0.717, 1.165) is 28.3 Å². The van der Waals surface area contributed by atoms with Gasteiger partial charge in [0.15, 0.2) is 0 Å². The summed E-state index contributed by atoms with van der Waals surface area (Å²) in [4.78, 5) is 32.6. The molecule has 0 unspecified atom stereocenters. The highest BCUT2D eigenvalue weighted by atomic mass is 19.1. The van der Waals surface area contributed by atoms with E-state index in [0.29, 0.717) is 50.3 Å². The molecule has 3 aromatic rings. The van der Waals surface area contributed by atoms with Gasteiger partial charge in [0.1, 0.15) is 17.5 Å². The number of halogens is 2. The summed E-state index contributed by atoms with van der Waals surface area (Å²) in [5.41, 5.74) is 3.95. The Labute approximate surface area is 232 Å². The van der Waals surface area contributed by atoms with Crippen molar-refractivity contribution in [1.82, 2.24) is 9.88 Å². The van der Waals surface area contributed by atoms with Gasteiger partial charge in [0.05, 0.1) is 11.5 Å². The molecule has 1 aromatic heterocycles. The molecule has 8 heteroatoms. The Bertz CT molecular complexity index is 1480. The van der Waals surface area contributed by atoms with E-state index in [1.165, 1.54) is 12.1 Å². The summed E-state index contributed by atoms with van der Waals surface area (Å²) >= 11 is 0. The van der Waals surface area contributed by atoms with Crippen LogP contribution in [-0.2, 0) is 32.6 Å². The van der Waals surface area contributed by atoms with Gasteiger partial charge in [-0.05, 0) is 73.1 Å². The first-order valence-electron chi connectivity index (χ1n) is 13.7. The van der Waals surface area contributed by atoms with Crippen LogP contribution in [0, 0.1) is 17.6 Å². The highest BCUT2D eigenvalue weighted by molar-refractivity contribution is 6.06. The van der Waals surface area contributed by atoms with Crippen molar-refractivity contribution < 1.29 is 23.1 Å². The summed E-state index contributed by atoms with van der Waals surface area (Å²) in [7, 11) is 0. The van der Waals surface area contributed by atoms with E-state index in [9.17, 15) is 18.4 Å². The maximum atomic E-state index is 14.0. The molecule has 40 heavy (non-hydrogen) atoms. The summed E-state index contributed by atoms with van der Waals surface area (Å²) in [5, 5.41) is 2.94. The van der Waals surface area contributed by atoms with Gasteiger partial charge in [0.2, 0.25) is 11.8 Å². The molecule has 1 aliphatic carbocycles. The number of fused-ring (bicyclic) bond motifs is 3. The molecule has 0 radical (unpaired) electrons. The molecule has 3 aliphatic rings. The van der Waals surface area contributed by atoms with Crippen molar-refractivity contribution in [3.63, 3.8) is 0 Å². The van der Waals surface area contributed by atoms with Gasteiger partial charge in [0.25, 0.3) is 0 Å². The van der Waals surface area contributed by atoms with Crippen molar-refractivity contribution in [2.45, 2.75) is 44.1 Å². The van der Waals surface area contributed by atoms with Crippen LogP contribution in [0.5, 0.6) is 0 Å². The fourth-order valence-electron chi connectivity index (χ4n) is 6.31. The second-order valence-electron chi connectivity index (χ2n) is 11.0. The molecule has 206 valence electrons. The molecule has 1 fully saturated rings. The first-order chi connectivity index (χ1) is 19.3. The molecule has 1 N–H and O–H groups in total. The van der Waals surface area contributed by atoms with E-state index in [4.69, 9.17) is 4.74 Å². The van der Waals surface area contributed by atoms with E-state index >= 15 is 0 Å². The van der Waals surface area contributed by atoms with Crippen LogP contribution in [-0.4, -0.2) is 41.5 Å². The fraction of sp³-hybridized carbons (Fsp3) is 0.344. The van der Waals surface area contributed by atoms with E-state index in [1.807, 2.05) is 30.4 Å². The number of carbonyl (C=O) groups is 2. The second-order valence-corrected chi connectivity index (χ2v) is 11.0. The number of pyridine rings is 1. The van der Waals surface area contributed by atoms with Gasteiger partial charge in [-0.1, -0.05) is 36.4 Å². The lowest BCUT2D eigenvalue weighted by Gasteiger charge is -2.33. The lowest BCUT2D eigenvalue weighted by atomic mass is 9.79. The SMILES string of the molecule is C[C@H](c1cc(F)cc(F)c1)N(C/C=C/c1ccc2c(c1)C[C@@]1(C2)C(=O)Nc2ncccc21)C(=O)C1CCOCC1. The van der Waals surface area contributed by atoms with Gasteiger partial charge < -0.3 is 15.0 Å². The van der Waals surface area contributed by atoms with Crippen LogP contribution in [0.1, 0.15) is 53.6 Å². The number of nitrogens with zero attached hydrogens (tertiary/aromatic N) is 2. The number of rotatable bonds is 6. The number of anilines is 1. The summed E-state index contributed by atoms with van der Waals surface area (Å²) in [6, 6.07) is 12.9. The summed E-state index contributed by atoms with van der Waals surface area (Å²) < 4.78 is 33.4. The highest BCUT2D eigenvalue weighted by Crippen LogP contribution is 2.46. The van der Waals surface area contributed by atoms with Crippen molar-refractivity contribution in [2.24, 2.45) is 5.92 Å². The molecule has 2 amide bonds. The first-order valence-corrected chi connectivity index (χ1v) is 13.7. The third kappa shape index (κ3) is 4.81. The monoisotopic (exact) mass is 543 g/mol. The third-order valence-corrected chi connectivity index (χ3v) is 8.51. The normalized spacial score (nSPS) is 20.9. The van der Waals surface area contributed by atoms with Gasteiger partial charge in [0, 0.05) is 43.5 Å². The van der Waals surface area contributed by atoms with Crippen molar-refractivity contribution >= 4 is 23.7 Å². The van der Waals surface area contributed by atoms with Gasteiger partial charge in [-0.2, -0.15) is 0 Å². The molecular weight excluding hydrogens is 512 g/mol. The highest BCUT2D eigenvalue weighted by Gasteiger charge is 2.51. The molecule has 6 rings (SSSR count). The van der Waals surface area contributed by atoms with Crippen LogP contribution in [0.4, 0.5) is 14.6 Å². The van der Waals surface area contributed by atoms with Crippen molar-refractivity contribution in [1.29, 1.82) is 0 Å². The quantitative estimate of drug-likeness (QED) is 0.453. The Kier molecular flexibility index (Phi) is 6.96. The molecule has 2 atom stereocenters. The summed E-state index contributed by atoms with van der Waals surface area (Å²) in [6.07, 6.45) is 8.04. The van der Waals surface area contributed by atoms with Crippen LogP contribution < -0.4 is 5.32 Å². The minimum Gasteiger partial charge on any atom is -0.381 e. The number of aromatic nitrogens is 1. The Hall–Kier alpha value is -3.91. The number of hydrogen-bond donors (Lipinski definition) is 1. The Morgan fingerprint density at radius 3 is 2.65 bits per heavy atom. The van der Waals surface area contributed by atoms with Gasteiger partial charge in [-0.25, -0.2) is 13.8 Å². The molecule has 0 saturated carbocycles. The maximum Gasteiger partial charge on any atom is 0.237 e. The second kappa shape index (κ2) is 10.6. The lowest BCUT2D eigenvalue weighted by molar-refractivity contribution is -0.140. The maximum absolute atomic E-state index is 14.0. The van der Waals surface area contributed by atoms with Gasteiger partial charge >= 0.3 is 0 Å². The molecular formula is C32H31F2N3O3. The largest absolute Gasteiger partial charge is 0.381 e. The molecule has 2 aliphatic heterocycles. The molecule has 0 bridgehead atoms. The number of hydrogen-bond acceptors (Lipinski definition) is 4. The standard InChI is InChI=1S/C32H31F2N3O3/c1-20(24-15-26(33)17-27(34)16-24)37(30(38)22-8-12-40-13-9-22)11-3-4-21-6-7-23-18-32(19-25(23)14-21)28-5-2-10-35-29(28)36-31(32)39/h2-7,10,14-17,20,22H,8-9,11-13,18-19H2,1H3,(H,35,36,39)/b4-3+/t20-,32-/m1/s1. The topological polar surface area (TPSA) is 71.5 Å². The predicted octanol–water partition coefficient (Wildman–Crippen LogP) is 5.38. The van der Waals surface area contributed by atoms with Gasteiger partial charge in [-0.3, -0.25) is 9.59 Å². The smallest absolute Gasteiger partial charge is 0.237 e. The van der Waals surface area contributed by atoms with Crippen LogP contribution in [0.15, 0.2) is 60.8 Å². The molecule has 2 aromatic carbocycles. The molecule has 3 heterocycles. The fourth-order valence-corrected chi connectivity index (χ4v) is 6.31. The van der Waals surface area contributed by atoms with Crippen LogP contribution in [0.25, 0.3) is 6.08 Å². The van der Waals surface area contributed by atoms with E-state index in [-0.39, 0.29) is 24.3 Å². The van der Waals surface area contributed by atoms with E-state index < -0.39 is 23.1 Å². The minimum atomic E-state index is -0.666. The Balaban J connectivity index is 1.22. The third-order valence-electron chi connectivity index (χ3n) is 8.51. The van der Waals surface area contributed by atoms with E-state index in [2.05, 4.69) is 22.4 Å². The number of carbonyl (C=O) groups excluding carboxylic acids is 2. The van der Waals surface area contributed by atoms with Gasteiger partial charge in [-0.15, -0.1) is 0 Å². The number of benzene rings is 2. The average molecular weight is 544 g/mol. The number of ether oxygens (including phenoxy) is 1. The zero-order chi connectivity index (χ0) is 27.9. The predicted molar refractivity (Wildman–Crippen MR) is 147 cm³/mol. The Morgan fingerprint density at radius 2 is 1.88 bits per heavy atom. The van der Waals surface area contributed by atoms with Crippen molar-refractivity contribution in [3.05, 3.63) is 100 Å². The van der Waals surface area contributed by atoms with Crippen LogP contribution in [0.3, 0.4) is 0 Å². The summed E-state index contributed by atoms with van der Waals surface area (Å²) in [6.45, 7) is 3.14. The first kappa shape index (κ1) is 26.3. The summed E-state index contributed by atoms with van der Waals surface area (Å²) in [5.74, 6) is -0.932. The molecule has 6 nitrogen and oxygen atoms in total. The molecule has 1 saturated heterocycles. The lowest BCUT2D eigenvalue weighted by Crippen LogP contribution is -2.40. The zero-order valence-electron chi connectivity index (χ0n) is 22.3. The van der Waals surface area contributed by atoms with Crippen LogP contribution in [0.2, 0.25) is 0 Å². The minimum absolute atomic E-state index is 0.0143. The molecule has 1 spiro atoms. The van der Waals surface area contributed by atoms with Crippen molar-refractivity contribution in [2.75, 3.05) is 25.1 Å². The van der Waals surface area contributed by atoms with E-state index in [1.54, 1.807) is 18.0 Å². The van der Waals surface area contributed by atoms with Crippen LogP contribution >= 0.6 is 0 Å². The average Bonchev–Trinajstić information content (AvgIpc) is 3.47. The number of nitrogens with one attached hydrogen (secondary N) is 1. The Morgan fingerprint density at radius 1 is 1.12 bits per heavy atom. The number of amides is 2. The zero-order valence-corrected chi connectivity index (χ0v) is 22.3.